The Labute approximate surface area is 114 Å². The van der Waals surface area contributed by atoms with Crippen molar-refractivity contribution in [1.29, 1.82) is 0 Å². The smallest absolute Gasteiger partial charge is 0.306 e. The number of piperidine rings is 1. The van der Waals surface area contributed by atoms with Crippen LogP contribution in [0.15, 0.2) is 0 Å². The largest absolute Gasteiger partial charge is 0.469 e. The topological polar surface area (TPSA) is 76.2 Å². The van der Waals surface area contributed by atoms with E-state index in [-0.39, 0.29) is 19.1 Å². The zero-order valence-corrected chi connectivity index (χ0v) is 12.5. The van der Waals surface area contributed by atoms with Crippen LogP contribution in [0.2, 0.25) is 0 Å². The van der Waals surface area contributed by atoms with Gasteiger partial charge in [-0.05, 0) is 12.8 Å². The number of hydrogen-bond donors (Lipinski definition) is 0. The molecule has 19 heavy (non-hydrogen) atoms. The van der Waals surface area contributed by atoms with Gasteiger partial charge in [0.2, 0.25) is 0 Å². The van der Waals surface area contributed by atoms with Crippen molar-refractivity contribution in [1.82, 2.24) is 8.61 Å². The molecule has 1 aliphatic heterocycles. The summed E-state index contributed by atoms with van der Waals surface area (Å²) in [6.07, 6.45) is 1.64. The molecule has 0 bridgehead atoms. The van der Waals surface area contributed by atoms with Crippen LogP contribution >= 0.6 is 0 Å². The van der Waals surface area contributed by atoms with Gasteiger partial charge in [-0.15, -0.1) is 0 Å². The molecule has 1 heterocycles. The van der Waals surface area contributed by atoms with Crippen molar-refractivity contribution >= 4 is 16.2 Å². The van der Waals surface area contributed by atoms with Crippen LogP contribution in [0.1, 0.15) is 19.3 Å². The van der Waals surface area contributed by atoms with Gasteiger partial charge in [-0.3, -0.25) is 4.79 Å². The van der Waals surface area contributed by atoms with Gasteiger partial charge in [-0.1, -0.05) is 0 Å². The van der Waals surface area contributed by atoms with Crippen LogP contribution in [0.5, 0.6) is 0 Å². The Bertz CT molecular complexity index is 398. The van der Waals surface area contributed by atoms with Gasteiger partial charge in [0.25, 0.3) is 10.2 Å². The summed E-state index contributed by atoms with van der Waals surface area (Å²) in [6.45, 7) is 0.968. The standard InChI is InChI=1S/C11H22N2O5S/c1-12(8-6-11(14)18-3)19(15,16)13-7-4-5-10(9-13)17-2/h10H,4-9H2,1-3H3. The Hall–Kier alpha value is -0.700. The number of rotatable bonds is 6. The lowest BCUT2D eigenvalue weighted by atomic mass is 10.1. The summed E-state index contributed by atoms with van der Waals surface area (Å²) in [5, 5.41) is 0. The molecule has 0 aromatic carbocycles. The van der Waals surface area contributed by atoms with Gasteiger partial charge in [0.15, 0.2) is 0 Å². The average molecular weight is 294 g/mol. The van der Waals surface area contributed by atoms with Crippen molar-refractivity contribution in [3.8, 4) is 0 Å². The lowest BCUT2D eigenvalue weighted by Gasteiger charge is -2.33. The molecule has 7 nitrogen and oxygen atoms in total. The Morgan fingerprint density at radius 2 is 2.11 bits per heavy atom. The molecule has 1 aliphatic rings. The van der Waals surface area contributed by atoms with Crippen molar-refractivity contribution in [2.24, 2.45) is 0 Å². The molecule has 0 N–H and O–H groups in total. The number of ether oxygens (including phenoxy) is 2. The molecular weight excluding hydrogens is 272 g/mol. The highest BCUT2D eigenvalue weighted by Crippen LogP contribution is 2.17. The fourth-order valence-corrected chi connectivity index (χ4v) is 3.40. The average Bonchev–Trinajstić information content (AvgIpc) is 2.44. The van der Waals surface area contributed by atoms with Gasteiger partial charge in [0, 0.05) is 33.8 Å². The fraction of sp³-hybridized carbons (Fsp3) is 0.909. The van der Waals surface area contributed by atoms with E-state index in [2.05, 4.69) is 4.74 Å². The minimum Gasteiger partial charge on any atom is -0.469 e. The van der Waals surface area contributed by atoms with Crippen LogP contribution in [0.3, 0.4) is 0 Å². The third-order valence-electron chi connectivity index (χ3n) is 3.25. The minimum atomic E-state index is -3.53. The van der Waals surface area contributed by atoms with E-state index in [4.69, 9.17) is 4.74 Å². The molecular formula is C11H22N2O5S. The van der Waals surface area contributed by atoms with Crippen molar-refractivity contribution < 1.29 is 22.7 Å². The molecule has 1 fully saturated rings. The first kappa shape index (κ1) is 16.4. The minimum absolute atomic E-state index is 0.0494. The molecule has 0 radical (unpaired) electrons. The van der Waals surface area contributed by atoms with Gasteiger partial charge < -0.3 is 9.47 Å². The summed E-state index contributed by atoms with van der Waals surface area (Å²) < 4.78 is 36.9. The summed E-state index contributed by atoms with van der Waals surface area (Å²) in [5.74, 6) is -0.421. The normalized spacial score (nSPS) is 21.6. The highest BCUT2D eigenvalue weighted by Gasteiger charge is 2.31. The maximum atomic E-state index is 12.3. The molecule has 1 atom stereocenters. The van der Waals surface area contributed by atoms with Gasteiger partial charge in [0.1, 0.15) is 0 Å². The molecule has 0 spiro atoms. The first-order chi connectivity index (χ1) is 8.91. The summed E-state index contributed by atoms with van der Waals surface area (Å²) in [5.41, 5.74) is 0. The van der Waals surface area contributed by atoms with Crippen LogP contribution < -0.4 is 0 Å². The second kappa shape index (κ2) is 7.18. The zero-order valence-electron chi connectivity index (χ0n) is 11.7. The van der Waals surface area contributed by atoms with E-state index >= 15 is 0 Å². The van der Waals surface area contributed by atoms with Crippen LogP contribution in [0, 0.1) is 0 Å². The molecule has 112 valence electrons. The van der Waals surface area contributed by atoms with Crippen LogP contribution in [0.25, 0.3) is 0 Å². The fourth-order valence-electron chi connectivity index (χ4n) is 1.97. The van der Waals surface area contributed by atoms with E-state index in [9.17, 15) is 13.2 Å². The molecule has 1 rings (SSSR count). The Kier molecular flexibility index (Phi) is 6.18. The zero-order chi connectivity index (χ0) is 14.5. The SMILES string of the molecule is COC(=O)CCN(C)S(=O)(=O)N1CCCC(OC)C1. The first-order valence-electron chi connectivity index (χ1n) is 6.22. The summed E-state index contributed by atoms with van der Waals surface area (Å²) in [6, 6.07) is 0. The lowest BCUT2D eigenvalue weighted by Crippen LogP contribution is -2.48. The van der Waals surface area contributed by atoms with Gasteiger partial charge in [-0.2, -0.15) is 17.0 Å². The van der Waals surface area contributed by atoms with E-state index in [1.165, 1.54) is 22.8 Å². The lowest BCUT2D eigenvalue weighted by molar-refractivity contribution is -0.140. The van der Waals surface area contributed by atoms with Crippen LogP contribution in [-0.2, 0) is 24.5 Å². The Balaban J connectivity index is 2.60. The van der Waals surface area contributed by atoms with Gasteiger partial charge in [0.05, 0.1) is 19.6 Å². The number of carbonyl (C=O) groups excluding carboxylic acids is 1. The summed E-state index contributed by atoms with van der Waals surface area (Å²) >= 11 is 0. The monoisotopic (exact) mass is 294 g/mol. The van der Waals surface area contributed by atoms with Gasteiger partial charge >= 0.3 is 5.97 Å². The predicted octanol–water partition coefficient (Wildman–Crippen LogP) is -0.163. The third kappa shape index (κ3) is 4.41. The molecule has 0 aromatic heterocycles. The van der Waals surface area contributed by atoms with Crippen LogP contribution in [0.4, 0.5) is 0 Å². The third-order valence-corrected chi connectivity index (χ3v) is 5.21. The molecule has 0 amide bonds. The molecule has 0 aliphatic carbocycles. The summed E-state index contributed by atoms with van der Waals surface area (Å²) in [7, 11) is 0.804. The van der Waals surface area contributed by atoms with E-state index < -0.39 is 16.2 Å². The number of esters is 1. The molecule has 1 unspecified atom stereocenters. The number of methoxy groups -OCH3 is 2. The van der Waals surface area contributed by atoms with E-state index in [1.807, 2.05) is 0 Å². The second-order valence-corrected chi connectivity index (χ2v) is 6.55. The van der Waals surface area contributed by atoms with E-state index in [0.717, 1.165) is 12.8 Å². The number of carbonyl (C=O) groups is 1. The molecule has 8 heteroatoms. The van der Waals surface area contributed by atoms with Crippen molar-refractivity contribution in [3.05, 3.63) is 0 Å². The van der Waals surface area contributed by atoms with Crippen molar-refractivity contribution in [3.63, 3.8) is 0 Å². The van der Waals surface area contributed by atoms with Crippen molar-refractivity contribution in [2.75, 3.05) is 40.9 Å². The molecule has 0 saturated carbocycles. The number of nitrogens with zero attached hydrogens (tertiary/aromatic N) is 2. The van der Waals surface area contributed by atoms with E-state index in [1.54, 1.807) is 7.11 Å². The van der Waals surface area contributed by atoms with Crippen LogP contribution in [-0.4, -0.2) is 70.0 Å². The Morgan fingerprint density at radius 1 is 1.42 bits per heavy atom. The first-order valence-corrected chi connectivity index (χ1v) is 7.62. The summed E-state index contributed by atoms with van der Waals surface area (Å²) in [4.78, 5) is 11.0. The van der Waals surface area contributed by atoms with Crippen molar-refractivity contribution in [2.45, 2.75) is 25.4 Å². The maximum absolute atomic E-state index is 12.3. The maximum Gasteiger partial charge on any atom is 0.306 e. The molecule has 1 saturated heterocycles. The second-order valence-electron chi connectivity index (χ2n) is 4.51. The van der Waals surface area contributed by atoms with Gasteiger partial charge in [-0.25, -0.2) is 0 Å². The van der Waals surface area contributed by atoms with E-state index in [0.29, 0.717) is 13.1 Å². The quantitative estimate of drug-likeness (QED) is 0.636. The predicted molar refractivity (Wildman–Crippen MR) is 69.8 cm³/mol. The highest BCUT2D eigenvalue weighted by atomic mass is 32.2. The Morgan fingerprint density at radius 3 is 2.68 bits per heavy atom. The molecule has 0 aromatic rings. The highest BCUT2D eigenvalue weighted by molar-refractivity contribution is 7.86. The number of hydrogen-bond acceptors (Lipinski definition) is 5.